The van der Waals surface area contributed by atoms with Crippen LogP contribution in [0.25, 0.3) is 5.53 Å². The van der Waals surface area contributed by atoms with Crippen LogP contribution in [0.2, 0.25) is 0 Å². The number of esters is 1. The SMILES string of the molecule is CCOC(=O)C1(CCCCCCCCCCC2(C(=O)C=[N+]=[N-])CC2)CC1. The van der Waals surface area contributed by atoms with Gasteiger partial charge < -0.3 is 10.3 Å². The molecule has 0 aliphatic heterocycles. The zero-order valence-electron chi connectivity index (χ0n) is 16.3. The molecule has 5 heteroatoms. The van der Waals surface area contributed by atoms with E-state index in [0.717, 1.165) is 57.6 Å². The molecule has 0 spiro atoms. The third kappa shape index (κ3) is 6.05. The van der Waals surface area contributed by atoms with E-state index in [2.05, 4.69) is 4.79 Å². The summed E-state index contributed by atoms with van der Waals surface area (Å²) in [7, 11) is 0. The number of unbranched alkanes of at least 4 members (excludes halogenated alkanes) is 7. The molecule has 2 aliphatic carbocycles. The van der Waals surface area contributed by atoms with Crippen molar-refractivity contribution in [2.75, 3.05) is 6.61 Å². The molecule has 0 heterocycles. The fourth-order valence-electron chi connectivity index (χ4n) is 3.94. The van der Waals surface area contributed by atoms with Gasteiger partial charge in [-0.15, -0.1) is 0 Å². The van der Waals surface area contributed by atoms with Gasteiger partial charge in [-0.05, 0) is 45.4 Å². The monoisotopic (exact) mass is 362 g/mol. The standard InChI is InChI=1S/C21H34N2O3/c1-2-26-19(25)21(15-16-21)12-10-8-6-4-3-5-7-9-11-20(13-14-20)18(24)17-23-22/h17H,2-16H2,1H3. The molecule has 0 N–H and O–H groups in total. The van der Waals surface area contributed by atoms with Gasteiger partial charge in [-0.3, -0.25) is 9.59 Å². The third-order valence-corrected chi connectivity index (χ3v) is 6.17. The average molecular weight is 363 g/mol. The summed E-state index contributed by atoms with van der Waals surface area (Å²) >= 11 is 0. The van der Waals surface area contributed by atoms with Crippen molar-refractivity contribution < 1.29 is 19.1 Å². The first kappa shape index (κ1) is 20.8. The summed E-state index contributed by atoms with van der Waals surface area (Å²) in [6.07, 6.45) is 16.5. The second kappa shape index (κ2) is 10.0. The van der Waals surface area contributed by atoms with Gasteiger partial charge in [-0.25, -0.2) is 0 Å². The molecule has 0 saturated heterocycles. The molecule has 0 radical (unpaired) electrons. The van der Waals surface area contributed by atoms with Gasteiger partial charge in [0, 0.05) is 5.41 Å². The van der Waals surface area contributed by atoms with Crippen LogP contribution in [0.15, 0.2) is 0 Å². The highest BCUT2D eigenvalue weighted by atomic mass is 16.5. The van der Waals surface area contributed by atoms with E-state index in [1.165, 1.54) is 38.5 Å². The van der Waals surface area contributed by atoms with E-state index in [0.29, 0.717) is 6.61 Å². The van der Waals surface area contributed by atoms with Crippen LogP contribution >= 0.6 is 0 Å². The van der Waals surface area contributed by atoms with Crippen LogP contribution in [0.4, 0.5) is 0 Å². The van der Waals surface area contributed by atoms with Crippen LogP contribution in [0, 0.1) is 10.8 Å². The van der Waals surface area contributed by atoms with E-state index in [1.807, 2.05) is 6.92 Å². The quantitative estimate of drug-likeness (QED) is 0.137. The first-order chi connectivity index (χ1) is 12.6. The molecule has 0 aromatic carbocycles. The minimum atomic E-state index is -0.191. The van der Waals surface area contributed by atoms with Gasteiger partial charge in [0.15, 0.2) is 0 Å². The predicted octanol–water partition coefficient (Wildman–Crippen LogP) is 4.88. The molecule has 0 amide bonds. The highest BCUT2D eigenvalue weighted by Gasteiger charge is 2.50. The Balaban J connectivity index is 1.42. The maximum atomic E-state index is 11.9. The highest BCUT2D eigenvalue weighted by Crippen LogP contribution is 2.51. The van der Waals surface area contributed by atoms with Gasteiger partial charge in [0.25, 0.3) is 0 Å². The Bertz CT molecular complexity index is 529. The number of carbonyl (C=O) groups excluding carboxylic acids is 2. The van der Waals surface area contributed by atoms with Crippen LogP contribution in [-0.2, 0) is 14.3 Å². The molecular formula is C21H34N2O3. The first-order valence-electron chi connectivity index (χ1n) is 10.5. The number of ether oxygens (including phenoxy) is 1. The van der Waals surface area contributed by atoms with Crippen molar-refractivity contribution in [1.82, 2.24) is 0 Å². The number of hydrogen-bond donors (Lipinski definition) is 0. The Hall–Kier alpha value is -1.48. The van der Waals surface area contributed by atoms with Crippen LogP contribution in [-0.4, -0.2) is 29.4 Å². The fraction of sp³-hybridized carbons (Fsp3) is 0.857. The molecule has 26 heavy (non-hydrogen) atoms. The number of hydrogen-bond acceptors (Lipinski definition) is 3. The molecular weight excluding hydrogens is 328 g/mol. The summed E-state index contributed by atoms with van der Waals surface area (Å²) in [6.45, 7) is 2.37. The number of ketones is 1. The van der Waals surface area contributed by atoms with Crippen molar-refractivity contribution in [3.05, 3.63) is 5.53 Å². The van der Waals surface area contributed by atoms with E-state index in [1.54, 1.807) is 0 Å². The second-order valence-electron chi connectivity index (χ2n) is 8.22. The molecule has 0 bridgehead atoms. The summed E-state index contributed by atoms with van der Waals surface area (Å²) in [5.41, 5.74) is 8.17. The van der Waals surface area contributed by atoms with Crippen molar-refractivity contribution >= 4 is 18.0 Å². The topological polar surface area (TPSA) is 79.8 Å². The molecule has 0 atom stereocenters. The van der Waals surface area contributed by atoms with Crippen LogP contribution in [0.5, 0.6) is 0 Å². The number of Topliss-reactive ketones (excluding diaryl/α,β-unsaturated/α-hetero) is 1. The Labute approximate surface area is 157 Å². The lowest BCUT2D eigenvalue weighted by molar-refractivity contribution is -0.150. The van der Waals surface area contributed by atoms with Crippen molar-refractivity contribution in [1.29, 1.82) is 0 Å². The lowest BCUT2D eigenvalue weighted by atomic mass is 9.93. The smallest absolute Gasteiger partial charge is 0.323 e. The Kier molecular flexibility index (Phi) is 8.02. The van der Waals surface area contributed by atoms with Gasteiger partial charge in [0.05, 0.1) is 12.0 Å². The normalized spacial score (nSPS) is 18.7. The van der Waals surface area contributed by atoms with E-state index >= 15 is 0 Å². The Morgan fingerprint density at radius 2 is 1.35 bits per heavy atom. The lowest BCUT2D eigenvalue weighted by Gasteiger charge is -2.13. The molecule has 0 aromatic rings. The third-order valence-electron chi connectivity index (χ3n) is 6.17. The molecule has 2 saturated carbocycles. The van der Waals surface area contributed by atoms with E-state index in [4.69, 9.17) is 10.3 Å². The maximum absolute atomic E-state index is 11.9. The van der Waals surface area contributed by atoms with Crippen LogP contribution in [0.3, 0.4) is 0 Å². The average Bonchev–Trinajstić information content (AvgIpc) is 3.53. The molecule has 2 aliphatic rings. The van der Waals surface area contributed by atoms with Gasteiger partial charge in [0.2, 0.25) is 5.78 Å². The summed E-state index contributed by atoms with van der Waals surface area (Å²) < 4.78 is 5.18. The lowest BCUT2D eigenvalue weighted by Crippen LogP contribution is -2.18. The molecule has 2 fully saturated rings. The van der Waals surface area contributed by atoms with Gasteiger partial charge in [-0.2, -0.15) is 4.79 Å². The maximum Gasteiger partial charge on any atom is 0.323 e. The van der Waals surface area contributed by atoms with Crippen LogP contribution in [0.1, 0.15) is 96.8 Å². The number of carbonyl (C=O) groups is 2. The minimum absolute atomic E-state index is 0.00347. The van der Waals surface area contributed by atoms with Crippen LogP contribution < -0.4 is 0 Å². The largest absolute Gasteiger partial charge is 0.466 e. The van der Waals surface area contributed by atoms with Crippen molar-refractivity contribution in [3.63, 3.8) is 0 Å². The van der Waals surface area contributed by atoms with Crippen molar-refractivity contribution in [3.8, 4) is 0 Å². The summed E-state index contributed by atoms with van der Waals surface area (Å²) in [4.78, 5) is 26.6. The summed E-state index contributed by atoms with van der Waals surface area (Å²) in [6, 6.07) is 0. The number of rotatable bonds is 15. The van der Waals surface area contributed by atoms with E-state index in [-0.39, 0.29) is 22.6 Å². The van der Waals surface area contributed by atoms with Crippen molar-refractivity contribution in [2.24, 2.45) is 10.8 Å². The van der Waals surface area contributed by atoms with Gasteiger partial charge in [0.1, 0.15) is 0 Å². The predicted molar refractivity (Wildman–Crippen MR) is 101 cm³/mol. The Morgan fingerprint density at radius 3 is 1.77 bits per heavy atom. The molecule has 0 unspecified atom stereocenters. The fourth-order valence-corrected chi connectivity index (χ4v) is 3.94. The number of nitrogens with zero attached hydrogens (tertiary/aromatic N) is 2. The second-order valence-corrected chi connectivity index (χ2v) is 8.22. The van der Waals surface area contributed by atoms with Gasteiger partial charge >= 0.3 is 12.2 Å². The summed E-state index contributed by atoms with van der Waals surface area (Å²) in [5.74, 6) is 0.0217. The Morgan fingerprint density at radius 1 is 0.885 bits per heavy atom. The molecule has 2 rings (SSSR count). The summed E-state index contributed by atoms with van der Waals surface area (Å²) in [5, 5.41) is 0. The zero-order chi connectivity index (χ0) is 18.9. The van der Waals surface area contributed by atoms with Gasteiger partial charge in [-0.1, -0.05) is 51.4 Å². The molecule has 146 valence electrons. The van der Waals surface area contributed by atoms with E-state index < -0.39 is 0 Å². The zero-order valence-corrected chi connectivity index (χ0v) is 16.3. The van der Waals surface area contributed by atoms with Crippen molar-refractivity contribution in [2.45, 2.75) is 96.8 Å². The molecule has 0 aromatic heterocycles. The molecule has 5 nitrogen and oxygen atoms in total. The highest BCUT2D eigenvalue weighted by molar-refractivity contribution is 6.28. The minimum Gasteiger partial charge on any atom is -0.466 e. The van der Waals surface area contributed by atoms with E-state index in [9.17, 15) is 9.59 Å². The first-order valence-corrected chi connectivity index (χ1v) is 10.5.